The van der Waals surface area contributed by atoms with Crippen molar-refractivity contribution in [2.45, 2.75) is 43.7 Å². The summed E-state index contributed by atoms with van der Waals surface area (Å²) in [7, 11) is 4.32. The number of carbonyl (C=O) groups excluding carboxylic acids is 1. The number of aromatic nitrogens is 2. The van der Waals surface area contributed by atoms with Gasteiger partial charge in [-0.15, -0.1) is 0 Å². The highest BCUT2D eigenvalue weighted by Gasteiger charge is 2.50. The van der Waals surface area contributed by atoms with E-state index in [-0.39, 0.29) is 17.1 Å². The van der Waals surface area contributed by atoms with Gasteiger partial charge in [0.25, 0.3) is 0 Å². The Labute approximate surface area is 160 Å². The first-order valence-electron chi connectivity index (χ1n) is 9.56. The minimum atomic E-state index is -0.183. The van der Waals surface area contributed by atoms with Crippen molar-refractivity contribution in [3.8, 4) is 0 Å². The molecule has 6 heteroatoms. The summed E-state index contributed by atoms with van der Waals surface area (Å²) in [6, 6.07) is 10.7. The van der Waals surface area contributed by atoms with Crippen LogP contribution in [0.15, 0.2) is 42.7 Å². The summed E-state index contributed by atoms with van der Waals surface area (Å²) in [4.78, 5) is 25.4. The molecule has 0 unspecified atom stereocenters. The van der Waals surface area contributed by atoms with Crippen molar-refractivity contribution in [2.24, 2.45) is 0 Å². The summed E-state index contributed by atoms with van der Waals surface area (Å²) >= 11 is 0. The van der Waals surface area contributed by atoms with E-state index in [9.17, 15) is 4.79 Å². The lowest BCUT2D eigenvalue weighted by molar-refractivity contribution is 0.0657. The van der Waals surface area contributed by atoms with E-state index in [2.05, 4.69) is 64.6 Å². The lowest BCUT2D eigenvalue weighted by Crippen LogP contribution is -2.54. The molecule has 6 nitrogen and oxygen atoms in total. The molecule has 142 valence electrons. The summed E-state index contributed by atoms with van der Waals surface area (Å²) in [6.07, 6.45) is 7.31. The van der Waals surface area contributed by atoms with Gasteiger partial charge in [-0.05, 0) is 52.3 Å². The smallest absolute Gasteiger partial charge is 0.323 e. The SMILES string of the molecule is Cc1cnc(N2C[C@]3(CC[C@](c4ccccc4)(N(C)C)CC3)NC2=O)cn1. The fourth-order valence-electron chi connectivity index (χ4n) is 4.59. The van der Waals surface area contributed by atoms with Crippen LogP contribution >= 0.6 is 0 Å². The van der Waals surface area contributed by atoms with Gasteiger partial charge in [0.1, 0.15) is 0 Å². The summed E-state index contributed by atoms with van der Waals surface area (Å²) in [5, 5.41) is 3.26. The molecule has 2 aliphatic rings. The van der Waals surface area contributed by atoms with E-state index in [1.54, 1.807) is 17.3 Å². The zero-order valence-corrected chi connectivity index (χ0v) is 16.3. The van der Waals surface area contributed by atoms with Gasteiger partial charge in [0.2, 0.25) is 0 Å². The number of hydrogen-bond donors (Lipinski definition) is 1. The molecular formula is C21H27N5O. The van der Waals surface area contributed by atoms with Crippen LogP contribution in [0.1, 0.15) is 36.9 Å². The zero-order chi connectivity index (χ0) is 19.1. The molecule has 0 radical (unpaired) electrons. The van der Waals surface area contributed by atoms with Gasteiger partial charge in [-0.3, -0.25) is 14.8 Å². The van der Waals surface area contributed by atoms with E-state index in [4.69, 9.17) is 0 Å². The molecule has 2 heterocycles. The number of carbonyl (C=O) groups is 1. The molecule has 1 aromatic carbocycles. The van der Waals surface area contributed by atoms with E-state index in [0.717, 1.165) is 31.4 Å². The van der Waals surface area contributed by atoms with Crippen molar-refractivity contribution in [1.82, 2.24) is 20.2 Å². The number of urea groups is 1. The van der Waals surface area contributed by atoms with Crippen molar-refractivity contribution < 1.29 is 4.79 Å². The predicted molar refractivity (Wildman–Crippen MR) is 106 cm³/mol. The Bertz CT molecular complexity index is 810. The fraction of sp³-hybridized carbons (Fsp3) is 0.476. The van der Waals surface area contributed by atoms with E-state index in [0.29, 0.717) is 12.4 Å². The third-order valence-electron chi connectivity index (χ3n) is 6.32. The maximum atomic E-state index is 12.6. The summed E-state index contributed by atoms with van der Waals surface area (Å²) in [5.41, 5.74) is 2.05. The van der Waals surface area contributed by atoms with Crippen LogP contribution in [0.25, 0.3) is 0 Å². The van der Waals surface area contributed by atoms with Crippen LogP contribution in [-0.2, 0) is 5.54 Å². The summed E-state index contributed by atoms with van der Waals surface area (Å²) < 4.78 is 0. The molecule has 1 aliphatic carbocycles. The van der Waals surface area contributed by atoms with E-state index >= 15 is 0 Å². The molecule has 1 aromatic heterocycles. The minimum Gasteiger partial charge on any atom is -0.330 e. The first-order valence-corrected chi connectivity index (χ1v) is 9.56. The van der Waals surface area contributed by atoms with Crippen molar-refractivity contribution in [1.29, 1.82) is 0 Å². The highest BCUT2D eigenvalue weighted by atomic mass is 16.2. The molecule has 27 heavy (non-hydrogen) atoms. The van der Waals surface area contributed by atoms with Crippen molar-refractivity contribution in [3.63, 3.8) is 0 Å². The first kappa shape index (κ1) is 17.9. The molecule has 2 fully saturated rings. The number of benzene rings is 1. The Kier molecular flexibility index (Phi) is 4.38. The first-order chi connectivity index (χ1) is 12.9. The number of hydrogen-bond acceptors (Lipinski definition) is 4. The largest absolute Gasteiger partial charge is 0.330 e. The van der Waals surface area contributed by atoms with E-state index < -0.39 is 0 Å². The molecule has 1 N–H and O–H groups in total. The third kappa shape index (κ3) is 3.08. The number of nitrogens with one attached hydrogen (secondary N) is 1. The molecule has 1 aliphatic heterocycles. The topological polar surface area (TPSA) is 61.4 Å². The molecule has 2 aromatic rings. The van der Waals surface area contributed by atoms with Crippen LogP contribution in [0.2, 0.25) is 0 Å². The second-order valence-electron chi connectivity index (χ2n) is 8.10. The van der Waals surface area contributed by atoms with Gasteiger partial charge in [-0.2, -0.15) is 0 Å². The molecule has 0 bridgehead atoms. The minimum absolute atomic E-state index is 0.0221. The molecule has 4 rings (SSSR count). The average Bonchev–Trinajstić information content (AvgIpc) is 3.00. The number of amides is 2. The predicted octanol–water partition coefficient (Wildman–Crippen LogP) is 3.08. The maximum Gasteiger partial charge on any atom is 0.323 e. The van der Waals surface area contributed by atoms with Crippen LogP contribution in [0, 0.1) is 6.92 Å². The van der Waals surface area contributed by atoms with Crippen LogP contribution < -0.4 is 10.2 Å². The lowest BCUT2D eigenvalue weighted by Gasteiger charge is -2.48. The standard InChI is InChI=1S/C21H27N5O/c1-16-13-23-18(14-22-16)26-15-20(24-19(26)27)9-11-21(12-10-20,25(2)3)17-7-5-4-6-8-17/h4-8,13-14H,9-12,15H2,1-3H3,(H,24,27)/t20-,21+. The van der Waals surface area contributed by atoms with Gasteiger partial charge < -0.3 is 5.32 Å². The normalized spacial score (nSPS) is 28.0. The Morgan fingerprint density at radius 3 is 2.33 bits per heavy atom. The number of aryl methyl sites for hydroxylation is 1. The summed E-state index contributed by atoms with van der Waals surface area (Å²) in [5.74, 6) is 0.627. The Morgan fingerprint density at radius 2 is 1.74 bits per heavy atom. The van der Waals surface area contributed by atoms with Gasteiger partial charge >= 0.3 is 6.03 Å². The van der Waals surface area contributed by atoms with Gasteiger partial charge in [0.15, 0.2) is 5.82 Å². The van der Waals surface area contributed by atoms with Gasteiger partial charge in [0, 0.05) is 5.54 Å². The highest BCUT2D eigenvalue weighted by Crippen LogP contribution is 2.46. The second-order valence-corrected chi connectivity index (χ2v) is 8.10. The molecule has 2 amide bonds. The molecular weight excluding hydrogens is 338 g/mol. The third-order valence-corrected chi connectivity index (χ3v) is 6.32. The molecule has 0 atom stereocenters. The van der Waals surface area contributed by atoms with Crippen molar-refractivity contribution in [2.75, 3.05) is 25.5 Å². The summed E-state index contributed by atoms with van der Waals surface area (Å²) in [6.45, 7) is 2.55. The molecule has 1 spiro atoms. The number of anilines is 1. The Balaban J connectivity index is 1.54. The zero-order valence-electron chi connectivity index (χ0n) is 16.3. The Hall–Kier alpha value is -2.47. The molecule has 1 saturated heterocycles. The van der Waals surface area contributed by atoms with Crippen molar-refractivity contribution >= 4 is 11.8 Å². The molecule has 1 saturated carbocycles. The average molecular weight is 365 g/mol. The lowest BCUT2D eigenvalue weighted by atomic mass is 9.69. The highest BCUT2D eigenvalue weighted by molar-refractivity contribution is 5.94. The van der Waals surface area contributed by atoms with Crippen LogP contribution in [0.5, 0.6) is 0 Å². The number of nitrogens with zero attached hydrogens (tertiary/aromatic N) is 4. The monoisotopic (exact) mass is 365 g/mol. The van der Waals surface area contributed by atoms with Crippen molar-refractivity contribution in [3.05, 3.63) is 54.0 Å². The second kappa shape index (κ2) is 6.60. The Morgan fingerprint density at radius 1 is 1.04 bits per heavy atom. The van der Waals surface area contributed by atoms with Crippen LogP contribution in [0.4, 0.5) is 10.6 Å². The quantitative estimate of drug-likeness (QED) is 0.908. The fourth-order valence-corrected chi connectivity index (χ4v) is 4.59. The van der Waals surface area contributed by atoms with Gasteiger partial charge in [-0.25, -0.2) is 9.78 Å². The number of rotatable bonds is 3. The van der Waals surface area contributed by atoms with Crippen LogP contribution in [0.3, 0.4) is 0 Å². The van der Waals surface area contributed by atoms with Gasteiger partial charge in [0.05, 0.1) is 30.2 Å². The van der Waals surface area contributed by atoms with Gasteiger partial charge in [-0.1, -0.05) is 30.3 Å². The van der Waals surface area contributed by atoms with Crippen LogP contribution in [-0.4, -0.2) is 47.1 Å². The maximum absolute atomic E-state index is 12.6. The van der Waals surface area contributed by atoms with E-state index in [1.807, 2.05) is 6.92 Å². The van der Waals surface area contributed by atoms with E-state index in [1.165, 1.54) is 5.56 Å².